The third-order valence-corrected chi connectivity index (χ3v) is 2.93. The molecule has 1 aromatic carbocycles. The Hall–Kier alpha value is -3.61. The number of aromatic amines is 2. The van der Waals surface area contributed by atoms with Crippen LogP contribution in [-0.2, 0) is 0 Å². The molecule has 1 aromatic heterocycles. The minimum atomic E-state index is -0.825. The van der Waals surface area contributed by atoms with Crippen LogP contribution in [0.4, 0.5) is 17.1 Å². The van der Waals surface area contributed by atoms with Crippen LogP contribution in [-0.4, -0.2) is 31.1 Å². The summed E-state index contributed by atoms with van der Waals surface area (Å²) in [5.74, 6) is -0.535. The molecule has 0 radical (unpaired) electrons. The van der Waals surface area contributed by atoms with Gasteiger partial charge in [0.1, 0.15) is 11.3 Å². The van der Waals surface area contributed by atoms with Crippen molar-refractivity contribution in [2.24, 2.45) is 5.10 Å². The lowest BCUT2D eigenvalue weighted by molar-refractivity contribution is -0.393. The molecule has 0 amide bonds. The predicted octanol–water partition coefficient (Wildman–Crippen LogP) is 1.40. The first-order chi connectivity index (χ1) is 11.3. The molecule has 13 heteroatoms. The number of aromatic nitrogens is 2. The highest BCUT2D eigenvalue weighted by Gasteiger charge is 2.19. The average Bonchev–Trinajstić information content (AvgIpc) is 2.49. The fourth-order valence-electron chi connectivity index (χ4n) is 1.65. The smallest absolute Gasteiger partial charge is 0.301 e. The van der Waals surface area contributed by atoms with E-state index in [0.29, 0.717) is 0 Å². The van der Waals surface area contributed by atoms with Crippen LogP contribution in [0.15, 0.2) is 28.1 Å². The molecule has 2 aromatic rings. The maximum Gasteiger partial charge on any atom is 0.301 e. The number of nitro benzene ring substituents is 2. The van der Waals surface area contributed by atoms with Crippen LogP contribution in [0.5, 0.6) is 5.88 Å². The number of H-pyrrole nitrogens is 2. The van der Waals surface area contributed by atoms with E-state index < -0.39 is 32.7 Å². The van der Waals surface area contributed by atoms with Gasteiger partial charge in [0.15, 0.2) is 4.77 Å². The molecule has 0 spiro atoms. The Bertz CT molecular complexity index is 964. The highest BCUT2D eigenvalue weighted by Crippen LogP contribution is 2.28. The summed E-state index contributed by atoms with van der Waals surface area (Å²) in [5.41, 5.74) is 0.122. The van der Waals surface area contributed by atoms with Gasteiger partial charge in [-0.3, -0.25) is 35.4 Å². The first kappa shape index (κ1) is 16.8. The van der Waals surface area contributed by atoms with Gasteiger partial charge < -0.3 is 10.1 Å². The fourth-order valence-corrected chi connectivity index (χ4v) is 1.84. The number of benzene rings is 1. The van der Waals surface area contributed by atoms with Gasteiger partial charge in [-0.25, -0.2) is 0 Å². The molecule has 0 aliphatic carbocycles. The molecule has 24 heavy (non-hydrogen) atoms. The Labute approximate surface area is 136 Å². The van der Waals surface area contributed by atoms with Gasteiger partial charge in [0, 0.05) is 6.07 Å². The molecule has 0 aliphatic rings. The summed E-state index contributed by atoms with van der Waals surface area (Å²) in [5, 5.41) is 34.8. The molecule has 0 atom stereocenters. The molecule has 12 nitrogen and oxygen atoms in total. The van der Waals surface area contributed by atoms with E-state index in [4.69, 9.17) is 0 Å². The van der Waals surface area contributed by atoms with E-state index in [1.807, 2.05) is 0 Å². The highest BCUT2D eigenvalue weighted by molar-refractivity contribution is 7.71. The second-order valence-corrected chi connectivity index (χ2v) is 4.66. The van der Waals surface area contributed by atoms with Crippen LogP contribution >= 0.6 is 12.2 Å². The number of nitro groups is 2. The summed E-state index contributed by atoms with van der Waals surface area (Å²) in [6, 6.07) is 2.91. The van der Waals surface area contributed by atoms with Crippen LogP contribution in [0.3, 0.4) is 0 Å². The van der Waals surface area contributed by atoms with Crippen molar-refractivity contribution in [1.29, 1.82) is 0 Å². The number of rotatable bonds is 5. The normalized spacial score (nSPS) is 10.7. The van der Waals surface area contributed by atoms with E-state index >= 15 is 0 Å². The topological polar surface area (TPSA) is 180 Å². The molecule has 124 valence electrons. The maximum atomic E-state index is 11.6. The lowest BCUT2D eigenvalue weighted by atomic mass is 10.2. The highest BCUT2D eigenvalue weighted by atomic mass is 32.1. The number of hydrazone groups is 1. The summed E-state index contributed by atoms with van der Waals surface area (Å²) in [6.07, 6.45) is 0.907. The molecule has 0 aliphatic heterocycles. The zero-order valence-corrected chi connectivity index (χ0v) is 12.4. The molecule has 2 rings (SSSR count). The molecule has 0 bridgehead atoms. The van der Waals surface area contributed by atoms with Crippen LogP contribution < -0.4 is 11.0 Å². The number of hydrogen-bond acceptors (Lipinski definition) is 9. The van der Waals surface area contributed by atoms with Crippen LogP contribution in [0.2, 0.25) is 0 Å². The van der Waals surface area contributed by atoms with Crippen molar-refractivity contribution in [2.45, 2.75) is 0 Å². The Morgan fingerprint density at radius 3 is 2.54 bits per heavy atom. The standard InChI is InChI=1S/C11H8N6O6S/c18-9-6(10(19)14-11(24)13-9)4-12-15-7-2-1-5(16(20)21)3-8(7)17(22)23/h1-4,15H,(H3,13,14,18,19,24)/b12-4+. The number of hydrogen-bond donors (Lipinski definition) is 4. The molecule has 0 saturated heterocycles. The van der Waals surface area contributed by atoms with Gasteiger partial charge in [0.2, 0.25) is 5.88 Å². The van der Waals surface area contributed by atoms with E-state index in [1.165, 1.54) is 0 Å². The molecule has 4 N–H and O–H groups in total. The van der Waals surface area contributed by atoms with Gasteiger partial charge in [-0.1, -0.05) is 0 Å². The monoisotopic (exact) mass is 352 g/mol. The van der Waals surface area contributed by atoms with Gasteiger partial charge in [-0.05, 0) is 18.3 Å². The third-order valence-electron chi connectivity index (χ3n) is 2.73. The summed E-state index contributed by atoms with van der Waals surface area (Å²) >= 11 is 4.65. The number of nitrogens with one attached hydrogen (secondary N) is 3. The van der Waals surface area contributed by atoms with Crippen molar-refractivity contribution in [3.05, 3.63) is 59.1 Å². The lowest BCUT2D eigenvalue weighted by Gasteiger charge is -2.02. The van der Waals surface area contributed by atoms with Gasteiger partial charge in [-0.2, -0.15) is 5.10 Å². The van der Waals surface area contributed by atoms with Gasteiger partial charge in [0.05, 0.1) is 22.1 Å². The molecule has 0 saturated carbocycles. The molecule has 1 heterocycles. The Morgan fingerprint density at radius 2 is 1.96 bits per heavy atom. The number of nitrogens with zero attached hydrogens (tertiary/aromatic N) is 3. The predicted molar refractivity (Wildman–Crippen MR) is 84.9 cm³/mol. The van der Waals surface area contributed by atoms with Crippen molar-refractivity contribution >= 4 is 35.5 Å². The number of anilines is 1. The minimum absolute atomic E-state index is 0.0892. The minimum Gasteiger partial charge on any atom is -0.494 e. The number of non-ortho nitro benzene ring substituents is 1. The van der Waals surface area contributed by atoms with E-state index in [0.717, 1.165) is 24.4 Å². The Balaban J connectivity index is 2.33. The quantitative estimate of drug-likeness (QED) is 0.269. The van der Waals surface area contributed by atoms with E-state index in [9.17, 15) is 30.1 Å². The van der Waals surface area contributed by atoms with Crippen molar-refractivity contribution in [1.82, 2.24) is 9.97 Å². The van der Waals surface area contributed by atoms with E-state index in [1.54, 1.807) is 0 Å². The first-order valence-corrected chi connectivity index (χ1v) is 6.48. The van der Waals surface area contributed by atoms with Crippen LogP contribution in [0.25, 0.3) is 0 Å². The van der Waals surface area contributed by atoms with E-state index in [2.05, 4.69) is 32.7 Å². The zero-order chi connectivity index (χ0) is 17.9. The molecular formula is C11H8N6O6S. The largest absolute Gasteiger partial charge is 0.494 e. The number of aromatic hydroxyl groups is 1. The average molecular weight is 352 g/mol. The Kier molecular flexibility index (Phi) is 4.65. The lowest BCUT2D eigenvalue weighted by Crippen LogP contribution is -2.14. The van der Waals surface area contributed by atoms with Crippen LogP contribution in [0, 0.1) is 25.0 Å². The maximum absolute atomic E-state index is 11.6. The van der Waals surface area contributed by atoms with Crippen molar-refractivity contribution in [3.63, 3.8) is 0 Å². The van der Waals surface area contributed by atoms with Crippen molar-refractivity contribution in [3.8, 4) is 5.88 Å². The zero-order valence-electron chi connectivity index (χ0n) is 11.5. The van der Waals surface area contributed by atoms with E-state index in [-0.39, 0.29) is 16.0 Å². The van der Waals surface area contributed by atoms with Crippen LogP contribution in [0.1, 0.15) is 5.56 Å². The second-order valence-electron chi connectivity index (χ2n) is 4.26. The molecule has 0 unspecified atom stereocenters. The van der Waals surface area contributed by atoms with Crippen molar-refractivity contribution in [2.75, 3.05) is 5.43 Å². The molecular weight excluding hydrogens is 344 g/mol. The van der Waals surface area contributed by atoms with Gasteiger partial charge in [0.25, 0.3) is 11.2 Å². The van der Waals surface area contributed by atoms with Crippen molar-refractivity contribution < 1.29 is 15.0 Å². The summed E-state index contributed by atoms with van der Waals surface area (Å²) in [6.45, 7) is 0. The fraction of sp³-hybridized carbons (Fsp3) is 0. The van der Waals surface area contributed by atoms with Gasteiger partial charge >= 0.3 is 5.69 Å². The Morgan fingerprint density at radius 1 is 1.25 bits per heavy atom. The summed E-state index contributed by atoms with van der Waals surface area (Å²) < 4.78 is -0.0892. The summed E-state index contributed by atoms with van der Waals surface area (Å²) in [4.78, 5) is 36.1. The molecule has 0 fully saturated rings. The first-order valence-electron chi connectivity index (χ1n) is 6.07. The van der Waals surface area contributed by atoms with Gasteiger partial charge in [-0.15, -0.1) is 0 Å². The summed E-state index contributed by atoms with van der Waals surface area (Å²) in [7, 11) is 0. The SMILES string of the molecule is O=c1[nH]c(=S)[nH]c(O)c1/C=N/Nc1ccc([N+](=O)[O-])cc1[N+](=O)[O-]. The second kappa shape index (κ2) is 6.66. The third kappa shape index (κ3) is 3.58.